The molecule has 1 heterocycles. The molecule has 1 atom stereocenters. The Balaban J connectivity index is 2.10. The largest absolute Gasteiger partial charge is 0.490 e. The summed E-state index contributed by atoms with van der Waals surface area (Å²) in [5.74, 6) is -1.90. The molecule has 0 bridgehead atoms. The predicted octanol–water partition coefficient (Wildman–Crippen LogP) is 1.42. The average Bonchev–Trinajstić information content (AvgIpc) is 2.87. The third-order valence-corrected chi connectivity index (χ3v) is 2.88. The highest BCUT2D eigenvalue weighted by molar-refractivity contribution is 5.75. The monoisotopic (exact) mass is 276 g/mol. The van der Waals surface area contributed by atoms with Gasteiger partial charge in [-0.1, -0.05) is 29.2 Å². The van der Waals surface area contributed by atoms with Crippen molar-refractivity contribution >= 4 is 11.9 Å². The molecule has 0 amide bonds. The van der Waals surface area contributed by atoms with Crippen molar-refractivity contribution in [3.8, 4) is 0 Å². The molecule has 8 heteroatoms. The molecule has 20 heavy (non-hydrogen) atoms. The van der Waals surface area contributed by atoms with E-state index in [0.29, 0.717) is 12.1 Å². The lowest BCUT2D eigenvalue weighted by atomic mass is 10.0. The molecular formula is C12H12N4O4. The van der Waals surface area contributed by atoms with Crippen LogP contribution in [0.3, 0.4) is 0 Å². The molecule has 0 spiro atoms. The first-order valence-corrected chi connectivity index (χ1v) is 5.83. The van der Waals surface area contributed by atoms with E-state index in [1.165, 1.54) is 11.0 Å². The molecule has 0 aliphatic rings. The second kappa shape index (κ2) is 5.47. The molecule has 2 aromatic rings. The molecule has 0 fully saturated rings. The zero-order valence-electron chi connectivity index (χ0n) is 10.6. The summed E-state index contributed by atoms with van der Waals surface area (Å²) in [6.07, 6.45) is 1.28. The van der Waals surface area contributed by atoms with Gasteiger partial charge >= 0.3 is 11.9 Å². The Morgan fingerprint density at radius 3 is 2.60 bits per heavy atom. The lowest BCUT2D eigenvalue weighted by molar-refractivity contribution is -0.394. The van der Waals surface area contributed by atoms with Gasteiger partial charge < -0.3 is 15.2 Å². The standard InChI is InChI=1S/C12H12N4O4/c1-8(11(17)18)10-4-2-9(3-5-10)6-15-7-13-12(14-15)16(19)20/h2-5,7-8H,6H2,1H3,(H,17,18). The maximum absolute atomic E-state index is 10.9. The normalized spacial score (nSPS) is 12.1. The Kier molecular flexibility index (Phi) is 3.74. The third-order valence-electron chi connectivity index (χ3n) is 2.88. The molecule has 1 aromatic heterocycles. The molecule has 104 valence electrons. The molecule has 0 aliphatic heterocycles. The number of carboxylic acid groups (broad SMARTS) is 1. The fourth-order valence-electron chi connectivity index (χ4n) is 1.69. The van der Waals surface area contributed by atoms with E-state index in [1.807, 2.05) is 0 Å². The molecule has 0 radical (unpaired) electrons. The Morgan fingerprint density at radius 2 is 2.10 bits per heavy atom. The zero-order chi connectivity index (χ0) is 14.7. The van der Waals surface area contributed by atoms with Crippen LogP contribution >= 0.6 is 0 Å². The summed E-state index contributed by atoms with van der Waals surface area (Å²) in [5.41, 5.74) is 1.55. The van der Waals surface area contributed by atoms with E-state index in [0.717, 1.165) is 5.56 Å². The van der Waals surface area contributed by atoms with Crippen LogP contribution in [0.2, 0.25) is 0 Å². The van der Waals surface area contributed by atoms with Crippen LogP contribution in [-0.4, -0.2) is 30.8 Å². The minimum atomic E-state index is -0.885. The van der Waals surface area contributed by atoms with Gasteiger partial charge in [0.05, 0.1) is 12.5 Å². The average molecular weight is 276 g/mol. The van der Waals surface area contributed by atoms with Gasteiger partial charge in [0.2, 0.25) is 6.33 Å². The van der Waals surface area contributed by atoms with Gasteiger partial charge in [-0.25, -0.2) is 0 Å². The molecule has 1 unspecified atom stereocenters. The van der Waals surface area contributed by atoms with Crippen LogP contribution in [0.25, 0.3) is 0 Å². The number of benzene rings is 1. The minimum Gasteiger partial charge on any atom is -0.481 e. The molecule has 2 rings (SSSR count). The van der Waals surface area contributed by atoms with Gasteiger partial charge in [0.25, 0.3) is 0 Å². The van der Waals surface area contributed by atoms with Crippen molar-refractivity contribution in [2.24, 2.45) is 0 Å². The van der Waals surface area contributed by atoms with Crippen LogP contribution in [0.1, 0.15) is 24.0 Å². The van der Waals surface area contributed by atoms with Crippen molar-refractivity contribution in [2.75, 3.05) is 0 Å². The van der Waals surface area contributed by atoms with Gasteiger partial charge in [-0.15, -0.1) is 0 Å². The highest BCUT2D eigenvalue weighted by atomic mass is 16.6. The van der Waals surface area contributed by atoms with E-state index in [1.54, 1.807) is 31.2 Å². The van der Waals surface area contributed by atoms with Crippen LogP contribution in [0.4, 0.5) is 5.95 Å². The first-order chi connectivity index (χ1) is 9.47. The topological polar surface area (TPSA) is 111 Å². The van der Waals surface area contributed by atoms with E-state index >= 15 is 0 Å². The van der Waals surface area contributed by atoms with Crippen LogP contribution in [0, 0.1) is 10.1 Å². The van der Waals surface area contributed by atoms with Crippen molar-refractivity contribution in [2.45, 2.75) is 19.4 Å². The summed E-state index contributed by atoms with van der Waals surface area (Å²) in [6, 6.07) is 6.98. The van der Waals surface area contributed by atoms with E-state index in [-0.39, 0.29) is 0 Å². The first-order valence-electron chi connectivity index (χ1n) is 5.83. The number of hydrogen-bond donors (Lipinski definition) is 1. The second-order valence-corrected chi connectivity index (χ2v) is 4.30. The van der Waals surface area contributed by atoms with Gasteiger partial charge in [-0.2, -0.15) is 4.68 Å². The summed E-state index contributed by atoms with van der Waals surface area (Å²) in [5, 5.41) is 23.1. The van der Waals surface area contributed by atoms with Crippen LogP contribution in [0.5, 0.6) is 0 Å². The highest BCUT2D eigenvalue weighted by Gasteiger charge is 2.15. The van der Waals surface area contributed by atoms with Crippen LogP contribution < -0.4 is 0 Å². The summed E-state index contributed by atoms with van der Waals surface area (Å²) in [7, 11) is 0. The van der Waals surface area contributed by atoms with Gasteiger partial charge in [-0.05, 0) is 23.0 Å². The molecule has 0 aliphatic carbocycles. The van der Waals surface area contributed by atoms with E-state index in [4.69, 9.17) is 5.11 Å². The van der Waals surface area contributed by atoms with Crippen molar-refractivity contribution in [1.29, 1.82) is 0 Å². The van der Waals surface area contributed by atoms with E-state index in [2.05, 4.69) is 10.1 Å². The fraction of sp³-hybridized carbons (Fsp3) is 0.250. The number of aromatic nitrogens is 3. The van der Waals surface area contributed by atoms with Crippen molar-refractivity contribution in [3.05, 3.63) is 51.8 Å². The maximum atomic E-state index is 10.9. The maximum Gasteiger partial charge on any atom is 0.490 e. The second-order valence-electron chi connectivity index (χ2n) is 4.30. The number of hydrogen-bond acceptors (Lipinski definition) is 5. The Hall–Kier alpha value is -2.77. The number of rotatable bonds is 5. The quantitative estimate of drug-likeness (QED) is 0.653. The molecule has 1 N–H and O–H groups in total. The number of nitro groups is 1. The van der Waals surface area contributed by atoms with Crippen LogP contribution in [-0.2, 0) is 11.3 Å². The fourth-order valence-corrected chi connectivity index (χ4v) is 1.69. The molecular weight excluding hydrogens is 264 g/mol. The number of carboxylic acids is 1. The summed E-state index contributed by atoms with van der Waals surface area (Å²) in [6.45, 7) is 1.95. The smallest absolute Gasteiger partial charge is 0.481 e. The van der Waals surface area contributed by atoms with E-state index < -0.39 is 22.8 Å². The van der Waals surface area contributed by atoms with Crippen molar-refractivity contribution < 1.29 is 14.8 Å². The van der Waals surface area contributed by atoms with Crippen molar-refractivity contribution in [1.82, 2.24) is 14.8 Å². The number of aliphatic carboxylic acids is 1. The highest BCUT2D eigenvalue weighted by Crippen LogP contribution is 2.16. The Bertz CT molecular complexity index is 635. The Morgan fingerprint density at radius 1 is 1.45 bits per heavy atom. The molecule has 0 saturated carbocycles. The minimum absolute atomic E-state index is 0.336. The van der Waals surface area contributed by atoms with Gasteiger partial charge in [-0.3, -0.25) is 4.79 Å². The van der Waals surface area contributed by atoms with Crippen molar-refractivity contribution in [3.63, 3.8) is 0 Å². The number of nitrogens with zero attached hydrogens (tertiary/aromatic N) is 4. The van der Waals surface area contributed by atoms with E-state index in [9.17, 15) is 14.9 Å². The van der Waals surface area contributed by atoms with Crippen LogP contribution in [0.15, 0.2) is 30.6 Å². The molecule has 8 nitrogen and oxygen atoms in total. The third kappa shape index (κ3) is 2.97. The number of carbonyl (C=O) groups is 1. The molecule has 0 saturated heterocycles. The summed E-state index contributed by atoms with van der Waals surface area (Å²) < 4.78 is 1.35. The lowest BCUT2D eigenvalue weighted by Crippen LogP contribution is -2.07. The van der Waals surface area contributed by atoms with Gasteiger partial charge in [0, 0.05) is 5.10 Å². The summed E-state index contributed by atoms with van der Waals surface area (Å²) >= 11 is 0. The van der Waals surface area contributed by atoms with Gasteiger partial charge in [0.15, 0.2) is 0 Å². The predicted molar refractivity (Wildman–Crippen MR) is 68.3 cm³/mol. The summed E-state index contributed by atoms with van der Waals surface area (Å²) in [4.78, 5) is 24.2. The lowest BCUT2D eigenvalue weighted by Gasteiger charge is -2.07. The molecule has 1 aromatic carbocycles. The zero-order valence-corrected chi connectivity index (χ0v) is 10.6. The first kappa shape index (κ1) is 13.7. The van der Waals surface area contributed by atoms with Gasteiger partial charge in [0.1, 0.15) is 0 Å². The Labute approximate surface area is 113 Å². The SMILES string of the molecule is CC(C(=O)O)c1ccc(Cn2cnc([N+](=O)[O-])n2)cc1.